The lowest BCUT2D eigenvalue weighted by Crippen LogP contribution is -2.47. The first-order valence-electron chi connectivity index (χ1n) is 10.9. The molecular formula is C23H37IN4O2. The van der Waals surface area contributed by atoms with Crippen molar-refractivity contribution in [1.82, 2.24) is 15.2 Å². The third kappa shape index (κ3) is 6.85. The molecule has 1 aromatic carbocycles. The average Bonchev–Trinajstić information content (AvgIpc) is 3.16. The molecule has 7 heteroatoms. The van der Waals surface area contributed by atoms with E-state index in [9.17, 15) is 0 Å². The summed E-state index contributed by atoms with van der Waals surface area (Å²) in [6.45, 7) is 9.52. The number of guanidine groups is 1. The van der Waals surface area contributed by atoms with Crippen molar-refractivity contribution in [2.75, 3.05) is 46.5 Å². The molecule has 0 bridgehead atoms. The van der Waals surface area contributed by atoms with Crippen molar-refractivity contribution in [2.24, 2.45) is 4.99 Å². The Bertz CT molecular complexity index is 785. The molecule has 1 aliphatic rings. The molecule has 0 unspecified atom stereocenters. The maximum atomic E-state index is 5.98. The van der Waals surface area contributed by atoms with Gasteiger partial charge in [-0.3, -0.25) is 4.99 Å². The Kier molecular flexibility index (Phi) is 11.0. The molecule has 1 fully saturated rings. The van der Waals surface area contributed by atoms with Crippen molar-refractivity contribution < 1.29 is 9.47 Å². The van der Waals surface area contributed by atoms with Gasteiger partial charge in [-0.1, -0.05) is 12.1 Å². The van der Waals surface area contributed by atoms with Gasteiger partial charge in [0.15, 0.2) is 5.96 Å². The number of H-pyrrole nitrogens is 1. The number of nitrogens with one attached hydrogen (secondary N) is 2. The van der Waals surface area contributed by atoms with E-state index in [1.54, 1.807) is 7.11 Å². The minimum absolute atomic E-state index is 0. The van der Waals surface area contributed by atoms with Crippen molar-refractivity contribution >= 4 is 40.8 Å². The van der Waals surface area contributed by atoms with Crippen LogP contribution in [0.25, 0.3) is 10.9 Å². The Morgan fingerprint density at radius 3 is 2.80 bits per heavy atom. The second kappa shape index (κ2) is 13.2. The standard InChI is InChI=1S/C23H36N4O2.HI/c1-4-24-23(27-13-10-20(11-14-27)29-16-6-15-28-3)25-12-9-19-17-26-21-8-5-7-18(2)22(19)21;/h5,7-8,17,20,26H,4,6,9-16H2,1-3H3,(H,24,25);1H. The summed E-state index contributed by atoms with van der Waals surface area (Å²) in [7, 11) is 1.74. The molecule has 1 aromatic heterocycles. The number of hydrogen-bond donors (Lipinski definition) is 2. The number of likely N-dealkylation sites (tertiary alicyclic amines) is 1. The first-order chi connectivity index (χ1) is 14.2. The quantitative estimate of drug-likeness (QED) is 0.223. The highest BCUT2D eigenvalue weighted by Gasteiger charge is 2.21. The third-order valence-electron chi connectivity index (χ3n) is 5.56. The summed E-state index contributed by atoms with van der Waals surface area (Å²) in [6, 6.07) is 6.42. The number of aliphatic imine (C=N–C) groups is 1. The first-order valence-corrected chi connectivity index (χ1v) is 10.9. The zero-order valence-electron chi connectivity index (χ0n) is 18.6. The second-order valence-corrected chi connectivity index (χ2v) is 7.70. The van der Waals surface area contributed by atoms with Gasteiger partial charge >= 0.3 is 0 Å². The number of aromatic amines is 1. The fraction of sp³-hybridized carbons (Fsp3) is 0.609. The van der Waals surface area contributed by atoms with Crippen LogP contribution in [0.2, 0.25) is 0 Å². The van der Waals surface area contributed by atoms with E-state index in [4.69, 9.17) is 14.5 Å². The number of nitrogens with zero attached hydrogens (tertiary/aromatic N) is 2. The summed E-state index contributed by atoms with van der Waals surface area (Å²) in [5.41, 5.74) is 3.88. The molecule has 2 N–H and O–H groups in total. The monoisotopic (exact) mass is 528 g/mol. The van der Waals surface area contributed by atoms with Gasteiger partial charge in [0.2, 0.25) is 0 Å². The minimum Gasteiger partial charge on any atom is -0.385 e. The molecule has 1 saturated heterocycles. The number of benzene rings is 1. The maximum Gasteiger partial charge on any atom is 0.193 e. The van der Waals surface area contributed by atoms with Gasteiger partial charge in [-0.15, -0.1) is 24.0 Å². The maximum absolute atomic E-state index is 5.98. The van der Waals surface area contributed by atoms with Crippen LogP contribution in [0.3, 0.4) is 0 Å². The van der Waals surface area contributed by atoms with E-state index in [0.717, 1.165) is 71.0 Å². The lowest BCUT2D eigenvalue weighted by Gasteiger charge is -2.34. The van der Waals surface area contributed by atoms with E-state index in [0.29, 0.717) is 6.10 Å². The predicted molar refractivity (Wildman–Crippen MR) is 135 cm³/mol. The van der Waals surface area contributed by atoms with E-state index >= 15 is 0 Å². The summed E-state index contributed by atoms with van der Waals surface area (Å²) >= 11 is 0. The van der Waals surface area contributed by atoms with Crippen molar-refractivity contribution in [3.8, 4) is 0 Å². The lowest BCUT2D eigenvalue weighted by molar-refractivity contribution is 0.00991. The number of ether oxygens (including phenoxy) is 2. The van der Waals surface area contributed by atoms with Crippen LogP contribution < -0.4 is 5.32 Å². The normalized spacial score (nSPS) is 15.4. The number of aryl methyl sites for hydroxylation is 1. The molecule has 3 rings (SSSR count). The van der Waals surface area contributed by atoms with E-state index in [1.807, 2.05) is 0 Å². The van der Waals surface area contributed by atoms with Crippen LogP contribution in [-0.4, -0.2) is 68.4 Å². The molecular weight excluding hydrogens is 491 g/mol. The van der Waals surface area contributed by atoms with E-state index in [1.165, 1.54) is 22.0 Å². The van der Waals surface area contributed by atoms with Gasteiger partial charge in [0.25, 0.3) is 0 Å². The molecule has 2 heterocycles. The smallest absolute Gasteiger partial charge is 0.193 e. The molecule has 0 atom stereocenters. The number of fused-ring (bicyclic) bond motifs is 1. The molecule has 0 radical (unpaired) electrons. The largest absolute Gasteiger partial charge is 0.385 e. The van der Waals surface area contributed by atoms with E-state index < -0.39 is 0 Å². The SMILES string of the molecule is CCNC(=NCCc1c[nH]c2cccc(C)c12)N1CCC(OCCCOC)CC1.I. The third-order valence-corrected chi connectivity index (χ3v) is 5.56. The van der Waals surface area contributed by atoms with Crippen molar-refractivity contribution in [3.05, 3.63) is 35.5 Å². The van der Waals surface area contributed by atoms with Crippen molar-refractivity contribution in [1.29, 1.82) is 0 Å². The predicted octanol–water partition coefficient (Wildman–Crippen LogP) is 4.12. The van der Waals surface area contributed by atoms with Crippen molar-refractivity contribution in [2.45, 2.75) is 45.6 Å². The van der Waals surface area contributed by atoms with Crippen molar-refractivity contribution in [3.63, 3.8) is 0 Å². The molecule has 0 amide bonds. The van der Waals surface area contributed by atoms with Gasteiger partial charge < -0.3 is 24.7 Å². The number of methoxy groups -OCH3 is 1. The summed E-state index contributed by atoms with van der Waals surface area (Å²) < 4.78 is 11.1. The van der Waals surface area contributed by atoms with Gasteiger partial charge in [0, 0.05) is 63.6 Å². The summed E-state index contributed by atoms with van der Waals surface area (Å²) in [5.74, 6) is 1.03. The number of piperidine rings is 1. The minimum atomic E-state index is 0. The number of rotatable bonds is 9. The molecule has 2 aromatic rings. The van der Waals surface area contributed by atoms with Crippen LogP contribution in [-0.2, 0) is 15.9 Å². The number of halogens is 1. The van der Waals surface area contributed by atoms with Crippen LogP contribution in [0.1, 0.15) is 37.3 Å². The average molecular weight is 528 g/mol. The number of hydrogen-bond acceptors (Lipinski definition) is 3. The lowest BCUT2D eigenvalue weighted by atomic mass is 10.1. The second-order valence-electron chi connectivity index (χ2n) is 7.70. The van der Waals surface area contributed by atoms with Gasteiger partial charge in [0.1, 0.15) is 0 Å². The Balaban J connectivity index is 0.00000320. The molecule has 30 heavy (non-hydrogen) atoms. The summed E-state index contributed by atoms with van der Waals surface area (Å²) in [5, 5.41) is 4.81. The van der Waals surface area contributed by atoms with Crippen LogP contribution in [0.5, 0.6) is 0 Å². The van der Waals surface area contributed by atoms with Gasteiger partial charge in [0.05, 0.1) is 6.10 Å². The highest BCUT2D eigenvalue weighted by molar-refractivity contribution is 14.0. The van der Waals surface area contributed by atoms with Gasteiger partial charge in [-0.25, -0.2) is 0 Å². The molecule has 0 aliphatic carbocycles. The topological polar surface area (TPSA) is 61.9 Å². The molecule has 6 nitrogen and oxygen atoms in total. The molecule has 0 spiro atoms. The zero-order chi connectivity index (χ0) is 20.5. The van der Waals surface area contributed by atoms with Crippen LogP contribution in [0, 0.1) is 6.92 Å². The highest BCUT2D eigenvalue weighted by atomic mass is 127. The van der Waals surface area contributed by atoms with E-state index in [2.05, 4.69) is 53.4 Å². The van der Waals surface area contributed by atoms with E-state index in [-0.39, 0.29) is 24.0 Å². The Morgan fingerprint density at radius 1 is 1.27 bits per heavy atom. The van der Waals surface area contributed by atoms with Crippen LogP contribution in [0.15, 0.2) is 29.4 Å². The molecule has 0 saturated carbocycles. The molecule has 168 valence electrons. The first kappa shape index (κ1) is 24.9. The molecule has 1 aliphatic heterocycles. The van der Waals surface area contributed by atoms with Gasteiger partial charge in [-0.2, -0.15) is 0 Å². The Labute approximate surface area is 197 Å². The van der Waals surface area contributed by atoms with Crippen LogP contribution >= 0.6 is 24.0 Å². The Morgan fingerprint density at radius 2 is 2.07 bits per heavy atom. The fourth-order valence-electron chi connectivity index (χ4n) is 4.04. The summed E-state index contributed by atoms with van der Waals surface area (Å²) in [4.78, 5) is 10.7. The number of aromatic nitrogens is 1. The zero-order valence-corrected chi connectivity index (χ0v) is 20.9. The Hall–Kier alpha value is -1.32. The van der Waals surface area contributed by atoms with Crippen LogP contribution in [0.4, 0.5) is 0 Å². The van der Waals surface area contributed by atoms with Gasteiger partial charge in [-0.05, 0) is 56.7 Å². The highest BCUT2D eigenvalue weighted by Crippen LogP contribution is 2.22. The fourth-order valence-corrected chi connectivity index (χ4v) is 4.04. The summed E-state index contributed by atoms with van der Waals surface area (Å²) in [6.07, 6.45) is 6.51.